The molecule has 31 heavy (non-hydrogen) atoms. The number of methoxy groups -OCH3 is 1. The Morgan fingerprint density at radius 1 is 0.839 bits per heavy atom. The number of hydrogen-bond acceptors (Lipinski definition) is 4. The van der Waals surface area contributed by atoms with Gasteiger partial charge < -0.3 is 9.84 Å². The number of rotatable bonds is 10. The van der Waals surface area contributed by atoms with Crippen LogP contribution in [-0.2, 0) is 34.3 Å². The molecule has 0 saturated heterocycles. The van der Waals surface area contributed by atoms with E-state index in [0.29, 0.717) is 12.2 Å². The molecule has 3 aromatic rings. The fourth-order valence-corrected chi connectivity index (χ4v) is 4.59. The first-order valence-electron chi connectivity index (χ1n) is 9.86. The van der Waals surface area contributed by atoms with Crippen molar-refractivity contribution in [3.63, 3.8) is 0 Å². The summed E-state index contributed by atoms with van der Waals surface area (Å²) in [6.45, 7) is 0.442. The zero-order chi connectivity index (χ0) is 22.3. The van der Waals surface area contributed by atoms with E-state index in [2.05, 4.69) is 0 Å². The van der Waals surface area contributed by atoms with Crippen LogP contribution in [0.1, 0.15) is 23.1 Å². The van der Waals surface area contributed by atoms with E-state index < -0.39 is 16.0 Å². The quantitative estimate of drug-likeness (QED) is 0.514. The van der Waals surface area contributed by atoms with Crippen molar-refractivity contribution in [2.24, 2.45) is 0 Å². The van der Waals surface area contributed by atoms with Gasteiger partial charge in [-0.3, -0.25) is 4.79 Å². The van der Waals surface area contributed by atoms with Crippen LogP contribution in [0.2, 0.25) is 0 Å². The number of hydrogen-bond donors (Lipinski definition) is 1. The van der Waals surface area contributed by atoms with E-state index in [0.717, 1.165) is 16.7 Å². The summed E-state index contributed by atoms with van der Waals surface area (Å²) in [4.78, 5) is 10.9. The Morgan fingerprint density at radius 3 is 1.94 bits per heavy atom. The smallest absolute Gasteiger partial charge is 0.303 e. The fourth-order valence-electron chi connectivity index (χ4n) is 3.18. The second-order valence-corrected chi connectivity index (χ2v) is 9.08. The number of aryl methyl sites for hydroxylation is 1. The molecule has 0 aliphatic carbocycles. The molecule has 0 aromatic heterocycles. The molecular formula is C24H25NO5S. The molecule has 162 valence electrons. The zero-order valence-electron chi connectivity index (χ0n) is 17.3. The topological polar surface area (TPSA) is 83.9 Å². The lowest BCUT2D eigenvalue weighted by Gasteiger charge is -2.23. The highest BCUT2D eigenvalue weighted by atomic mass is 32.2. The van der Waals surface area contributed by atoms with E-state index in [1.807, 2.05) is 42.5 Å². The van der Waals surface area contributed by atoms with Crippen molar-refractivity contribution in [3.05, 3.63) is 95.6 Å². The Morgan fingerprint density at radius 2 is 1.39 bits per heavy atom. The summed E-state index contributed by atoms with van der Waals surface area (Å²) < 4.78 is 33.5. The zero-order valence-corrected chi connectivity index (χ0v) is 18.1. The number of carboxylic acid groups (broad SMARTS) is 1. The van der Waals surface area contributed by atoms with Crippen LogP contribution in [0, 0.1) is 0 Å². The number of ether oxygens (including phenoxy) is 1. The van der Waals surface area contributed by atoms with Crippen LogP contribution < -0.4 is 4.74 Å². The van der Waals surface area contributed by atoms with E-state index >= 15 is 0 Å². The molecule has 3 rings (SSSR count). The molecule has 0 unspecified atom stereocenters. The normalized spacial score (nSPS) is 11.4. The average molecular weight is 440 g/mol. The van der Waals surface area contributed by atoms with Gasteiger partial charge in [0, 0.05) is 19.5 Å². The lowest BCUT2D eigenvalue weighted by atomic mass is 10.1. The lowest BCUT2D eigenvalue weighted by Crippen LogP contribution is -2.30. The van der Waals surface area contributed by atoms with Crippen molar-refractivity contribution >= 4 is 16.0 Å². The van der Waals surface area contributed by atoms with Gasteiger partial charge in [-0.1, -0.05) is 54.6 Å². The van der Waals surface area contributed by atoms with Crippen molar-refractivity contribution in [1.29, 1.82) is 0 Å². The van der Waals surface area contributed by atoms with Crippen LogP contribution in [0.15, 0.2) is 83.8 Å². The highest BCUT2D eigenvalue weighted by Gasteiger charge is 2.25. The van der Waals surface area contributed by atoms with Gasteiger partial charge >= 0.3 is 5.97 Å². The molecule has 0 atom stereocenters. The molecule has 0 aliphatic heterocycles. The number of carboxylic acids is 1. The predicted molar refractivity (Wildman–Crippen MR) is 118 cm³/mol. The third kappa shape index (κ3) is 6.16. The molecule has 0 heterocycles. The Hall–Kier alpha value is -3.16. The summed E-state index contributed by atoms with van der Waals surface area (Å²) >= 11 is 0. The molecule has 6 nitrogen and oxygen atoms in total. The monoisotopic (exact) mass is 439 g/mol. The Labute approximate surface area is 182 Å². The molecular weight excluding hydrogens is 414 g/mol. The van der Waals surface area contributed by atoms with Gasteiger partial charge in [-0.05, 0) is 47.4 Å². The van der Waals surface area contributed by atoms with E-state index in [9.17, 15) is 13.2 Å². The maximum absolute atomic E-state index is 13.4. The molecule has 0 amide bonds. The summed E-state index contributed by atoms with van der Waals surface area (Å²) in [5.74, 6) is -0.177. The Bertz CT molecular complexity index is 1090. The largest absolute Gasteiger partial charge is 0.497 e. The number of sulfonamides is 1. The second kappa shape index (κ2) is 10.2. The van der Waals surface area contributed by atoms with Crippen molar-refractivity contribution in [3.8, 4) is 5.75 Å². The highest BCUT2D eigenvalue weighted by Crippen LogP contribution is 2.23. The van der Waals surface area contributed by atoms with Gasteiger partial charge in [-0.2, -0.15) is 4.31 Å². The first-order chi connectivity index (χ1) is 14.9. The third-order valence-corrected chi connectivity index (χ3v) is 6.71. The third-order valence-electron chi connectivity index (χ3n) is 4.91. The first kappa shape index (κ1) is 22.5. The minimum absolute atomic E-state index is 0.00367. The molecule has 1 N–H and O–H groups in total. The minimum Gasteiger partial charge on any atom is -0.497 e. The van der Waals surface area contributed by atoms with E-state index in [-0.39, 0.29) is 24.4 Å². The SMILES string of the molecule is COc1ccc(CN(Cc2ccccc2)S(=O)(=O)c2ccc(CCC(=O)O)cc2)cc1. The van der Waals surface area contributed by atoms with Crippen molar-refractivity contribution in [2.75, 3.05) is 7.11 Å². The highest BCUT2D eigenvalue weighted by molar-refractivity contribution is 7.89. The van der Waals surface area contributed by atoms with Gasteiger partial charge in [0.15, 0.2) is 0 Å². The summed E-state index contributed by atoms with van der Waals surface area (Å²) in [6, 6.07) is 23.2. The number of carbonyl (C=O) groups is 1. The van der Waals surface area contributed by atoms with Crippen LogP contribution in [-0.4, -0.2) is 30.9 Å². The van der Waals surface area contributed by atoms with Crippen LogP contribution in [0.4, 0.5) is 0 Å². The van der Waals surface area contributed by atoms with Gasteiger partial charge in [0.25, 0.3) is 0 Å². The molecule has 0 bridgehead atoms. The van der Waals surface area contributed by atoms with E-state index in [1.54, 1.807) is 43.5 Å². The van der Waals surface area contributed by atoms with Crippen LogP contribution >= 0.6 is 0 Å². The number of nitrogens with zero attached hydrogens (tertiary/aromatic N) is 1. The maximum atomic E-state index is 13.4. The molecule has 7 heteroatoms. The fraction of sp³-hybridized carbons (Fsp3) is 0.208. The number of benzene rings is 3. The summed E-state index contributed by atoms with van der Waals surface area (Å²) in [7, 11) is -2.19. The van der Waals surface area contributed by atoms with Gasteiger partial charge in [-0.15, -0.1) is 0 Å². The molecule has 0 spiro atoms. The Balaban J connectivity index is 1.87. The summed E-state index contributed by atoms with van der Waals surface area (Å²) in [5.41, 5.74) is 2.52. The second-order valence-electron chi connectivity index (χ2n) is 7.14. The van der Waals surface area contributed by atoms with Crippen LogP contribution in [0.3, 0.4) is 0 Å². The number of aliphatic carboxylic acids is 1. The van der Waals surface area contributed by atoms with Crippen molar-refractivity contribution in [1.82, 2.24) is 4.31 Å². The predicted octanol–water partition coefficient (Wildman–Crippen LogP) is 4.10. The summed E-state index contributed by atoms with van der Waals surface area (Å²) in [6.07, 6.45) is 0.360. The van der Waals surface area contributed by atoms with Gasteiger partial charge in [0.2, 0.25) is 10.0 Å². The molecule has 0 radical (unpaired) electrons. The minimum atomic E-state index is -3.78. The summed E-state index contributed by atoms with van der Waals surface area (Å²) in [5, 5.41) is 8.83. The molecule has 3 aromatic carbocycles. The molecule has 0 fully saturated rings. The van der Waals surface area contributed by atoms with Crippen molar-refractivity contribution < 1.29 is 23.1 Å². The van der Waals surface area contributed by atoms with Crippen LogP contribution in [0.25, 0.3) is 0 Å². The van der Waals surface area contributed by atoms with Crippen LogP contribution in [0.5, 0.6) is 5.75 Å². The lowest BCUT2D eigenvalue weighted by molar-refractivity contribution is -0.136. The van der Waals surface area contributed by atoms with Gasteiger partial charge in [0.05, 0.1) is 12.0 Å². The molecule has 0 aliphatic rings. The van der Waals surface area contributed by atoms with Gasteiger partial charge in [-0.25, -0.2) is 8.42 Å². The molecule has 0 saturated carbocycles. The van der Waals surface area contributed by atoms with Gasteiger partial charge in [0.1, 0.15) is 5.75 Å². The van der Waals surface area contributed by atoms with Crippen molar-refractivity contribution in [2.45, 2.75) is 30.8 Å². The van der Waals surface area contributed by atoms with E-state index in [4.69, 9.17) is 9.84 Å². The average Bonchev–Trinajstić information content (AvgIpc) is 2.78. The van der Waals surface area contributed by atoms with E-state index in [1.165, 1.54) is 4.31 Å². The standard InChI is InChI=1S/C24H25NO5S/c1-30-22-12-7-21(8-13-22)18-25(17-20-5-3-2-4-6-20)31(28,29)23-14-9-19(10-15-23)11-16-24(26)27/h2-10,12-15H,11,16-18H2,1H3,(H,26,27). The Kier molecular flexibility index (Phi) is 7.44. The first-order valence-corrected chi connectivity index (χ1v) is 11.3. The maximum Gasteiger partial charge on any atom is 0.303 e.